The van der Waals surface area contributed by atoms with E-state index in [0.717, 1.165) is 40.7 Å². The number of benzene rings is 2. The van der Waals surface area contributed by atoms with Gasteiger partial charge in [0.05, 0.1) is 33.7 Å². The van der Waals surface area contributed by atoms with E-state index in [1.807, 2.05) is 32.2 Å². The molecule has 2 aliphatic rings. The Kier molecular flexibility index (Phi) is 6.77. The molecule has 2 aromatic carbocycles. The number of thioether (sulfide) groups is 2. The fourth-order valence-corrected chi connectivity index (χ4v) is 5.93. The van der Waals surface area contributed by atoms with E-state index in [-0.39, 0.29) is 5.91 Å². The molecule has 0 atom stereocenters. The van der Waals surface area contributed by atoms with Crippen LogP contribution in [0.3, 0.4) is 0 Å². The first-order valence-electron chi connectivity index (χ1n) is 10.7. The van der Waals surface area contributed by atoms with Crippen LogP contribution in [0.2, 0.25) is 0 Å². The lowest BCUT2D eigenvalue weighted by atomic mass is 10.2. The van der Waals surface area contributed by atoms with Crippen LogP contribution in [-0.2, 0) is 4.79 Å². The van der Waals surface area contributed by atoms with Crippen LogP contribution in [0.1, 0.15) is 32.3 Å². The van der Waals surface area contributed by atoms with Gasteiger partial charge in [-0.3, -0.25) is 9.69 Å². The molecule has 0 aliphatic carbocycles. The molecule has 2 aliphatic heterocycles. The van der Waals surface area contributed by atoms with Gasteiger partial charge in [0.2, 0.25) is 0 Å². The Balaban J connectivity index is 1.76. The Bertz CT molecular complexity index is 1150. The lowest BCUT2D eigenvalue weighted by Crippen LogP contribution is -2.30. The Morgan fingerprint density at radius 3 is 2.69 bits per heavy atom. The zero-order valence-corrected chi connectivity index (χ0v) is 20.0. The SMILES string of the molecule is CCCCN1C(=O)/C(=C2/Sc3ccccc3N2C)SC1=Nc1cc(C#N)ccc1NCC. The predicted molar refractivity (Wildman–Crippen MR) is 134 cm³/mol. The normalized spacial score (nSPS) is 18.9. The maximum Gasteiger partial charge on any atom is 0.269 e. The first-order chi connectivity index (χ1) is 15.6. The number of fused-ring (bicyclic) bond motifs is 1. The van der Waals surface area contributed by atoms with E-state index >= 15 is 0 Å². The van der Waals surface area contributed by atoms with Gasteiger partial charge in [0, 0.05) is 25.0 Å². The average molecular weight is 464 g/mol. The second kappa shape index (κ2) is 9.72. The zero-order chi connectivity index (χ0) is 22.7. The number of nitrogens with zero attached hydrogens (tertiary/aromatic N) is 4. The molecule has 2 aromatic rings. The van der Waals surface area contributed by atoms with Crippen LogP contribution < -0.4 is 10.2 Å². The van der Waals surface area contributed by atoms with Gasteiger partial charge in [-0.2, -0.15) is 5.26 Å². The molecular formula is C24H25N5OS2. The van der Waals surface area contributed by atoms with Crippen LogP contribution in [0.15, 0.2) is 62.3 Å². The number of amides is 1. The van der Waals surface area contributed by atoms with Gasteiger partial charge in [-0.15, -0.1) is 0 Å². The molecule has 32 heavy (non-hydrogen) atoms. The summed E-state index contributed by atoms with van der Waals surface area (Å²) in [4.78, 5) is 24.1. The molecule has 164 valence electrons. The standard InChI is InChI=1S/C24H25N5OS2/c1-4-6-13-29-22(30)21(23-28(3)19-9-7-8-10-20(19)31-23)32-24(29)27-18-14-16(15-25)11-12-17(18)26-5-2/h7-12,14,26H,4-6,13H2,1-3H3/b23-21-,27-24?. The third-order valence-corrected chi connectivity index (χ3v) is 7.67. The van der Waals surface area contributed by atoms with Crippen molar-refractivity contribution >= 4 is 51.7 Å². The van der Waals surface area contributed by atoms with Crippen molar-refractivity contribution < 1.29 is 4.79 Å². The number of anilines is 2. The minimum atomic E-state index is -0.00852. The molecule has 1 saturated heterocycles. The van der Waals surface area contributed by atoms with Gasteiger partial charge in [0.25, 0.3) is 5.91 Å². The molecule has 6 nitrogen and oxygen atoms in total. The molecule has 1 N–H and O–H groups in total. The Morgan fingerprint density at radius 2 is 1.97 bits per heavy atom. The molecule has 0 bridgehead atoms. The first kappa shape index (κ1) is 22.3. The van der Waals surface area contributed by atoms with Crippen LogP contribution in [0.5, 0.6) is 0 Å². The number of hydrogen-bond donors (Lipinski definition) is 1. The fraction of sp³-hybridized carbons (Fsp3) is 0.292. The number of aliphatic imine (C=N–C) groups is 1. The molecule has 8 heteroatoms. The minimum Gasteiger partial charge on any atom is -0.384 e. The molecule has 1 amide bonds. The van der Waals surface area contributed by atoms with Gasteiger partial charge in [0.1, 0.15) is 4.91 Å². The van der Waals surface area contributed by atoms with E-state index in [4.69, 9.17) is 4.99 Å². The van der Waals surface area contributed by atoms with Gasteiger partial charge in [-0.05, 0) is 55.4 Å². The number of unbranched alkanes of at least 4 members (excludes halogenated alkanes) is 1. The van der Waals surface area contributed by atoms with Gasteiger partial charge in [-0.1, -0.05) is 37.2 Å². The second-order valence-corrected chi connectivity index (χ2v) is 9.45. The number of nitriles is 1. The van der Waals surface area contributed by atoms with Crippen molar-refractivity contribution in [2.75, 3.05) is 30.4 Å². The van der Waals surface area contributed by atoms with Crippen LogP contribution in [0.25, 0.3) is 0 Å². The predicted octanol–water partition coefficient (Wildman–Crippen LogP) is 5.76. The van der Waals surface area contributed by atoms with E-state index in [1.54, 1.807) is 28.8 Å². The summed E-state index contributed by atoms with van der Waals surface area (Å²) in [7, 11) is 2.00. The molecule has 1 fully saturated rings. The molecule has 0 saturated carbocycles. The summed E-state index contributed by atoms with van der Waals surface area (Å²) in [6.07, 6.45) is 1.88. The van der Waals surface area contributed by atoms with Crippen molar-refractivity contribution in [3.63, 3.8) is 0 Å². The second-order valence-electron chi connectivity index (χ2n) is 7.44. The van der Waals surface area contributed by atoms with Crippen molar-refractivity contribution in [1.82, 2.24) is 4.90 Å². The Hall–Kier alpha value is -2.89. The molecule has 2 heterocycles. The number of carbonyl (C=O) groups is 1. The number of para-hydroxylation sites is 1. The number of nitrogens with one attached hydrogen (secondary N) is 1. The van der Waals surface area contributed by atoms with Crippen LogP contribution in [0, 0.1) is 11.3 Å². The van der Waals surface area contributed by atoms with Gasteiger partial charge in [0.15, 0.2) is 5.17 Å². The molecular weight excluding hydrogens is 438 g/mol. The van der Waals surface area contributed by atoms with Crippen molar-refractivity contribution in [2.45, 2.75) is 31.6 Å². The number of carbonyl (C=O) groups excluding carboxylic acids is 1. The molecule has 0 unspecified atom stereocenters. The zero-order valence-electron chi connectivity index (χ0n) is 18.4. The average Bonchev–Trinajstić information content (AvgIpc) is 3.30. The Morgan fingerprint density at radius 1 is 1.16 bits per heavy atom. The van der Waals surface area contributed by atoms with E-state index in [2.05, 4.69) is 35.3 Å². The summed E-state index contributed by atoms with van der Waals surface area (Å²) in [5.74, 6) is -0.00852. The quantitative estimate of drug-likeness (QED) is 0.549. The monoisotopic (exact) mass is 463 g/mol. The summed E-state index contributed by atoms with van der Waals surface area (Å²) < 4.78 is 0. The fourth-order valence-electron chi connectivity index (χ4n) is 3.57. The highest BCUT2D eigenvalue weighted by atomic mass is 32.2. The first-order valence-corrected chi connectivity index (χ1v) is 12.3. The number of amidine groups is 1. The van der Waals surface area contributed by atoms with Crippen LogP contribution in [-0.4, -0.2) is 36.1 Å². The summed E-state index contributed by atoms with van der Waals surface area (Å²) in [6, 6.07) is 15.8. The smallest absolute Gasteiger partial charge is 0.269 e. The van der Waals surface area contributed by atoms with Crippen molar-refractivity contribution in [2.24, 2.45) is 4.99 Å². The molecule has 4 rings (SSSR count). The van der Waals surface area contributed by atoms with E-state index in [1.165, 1.54) is 11.8 Å². The number of hydrogen-bond acceptors (Lipinski definition) is 7. The van der Waals surface area contributed by atoms with E-state index < -0.39 is 0 Å². The third-order valence-electron chi connectivity index (χ3n) is 5.24. The molecule has 0 radical (unpaired) electrons. The van der Waals surface area contributed by atoms with Crippen molar-refractivity contribution in [1.29, 1.82) is 5.26 Å². The Labute approximate surface area is 197 Å². The van der Waals surface area contributed by atoms with Gasteiger partial charge in [-0.25, -0.2) is 4.99 Å². The van der Waals surface area contributed by atoms with E-state index in [0.29, 0.717) is 27.9 Å². The summed E-state index contributed by atoms with van der Waals surface area (Å²) in [6.45, 7) is 5.49. The summed E-state index contributed by atoms with van der Waals surface area (Å²) in [5, 5.41) is 14.2. The van der Waals surface area contributed by atoms with Crippen molar-refractivity contribution in [3.8, 4) is 6.07 Å². The number of rotatable bonds is 6. The van der Waals surface area contributed by atoms with Crippen LogP contribution >= 0.6 is 23.5 Å². The van der Waals surface area contributed by atoms with Crippen molar-refractivity contribution in [3.05, 3.63) is 58.0 Å². The summed E-state index contributed by atoms with van der Waals surface area (Å²) in [5.41, 5.74) is 3.17. The third kappa shape index (κ3) is 4.23. The van der Waals surface area contributed by atoms with E-state index in [9.17, 15) is 10.1 Å². The van der Waals surface area contributed by atoms with Crippen LogP contribution in [0.4, 0.5) is 17.1 Å². The lowest BCUT2D eigenvalue weighted by Gasteiger charge is -2.16. The maximum atomic E-state index is 13.5. The highest BCUT2D eigenvalue weighted by molar-refractivity contribution is 8.19. The topological polar surface area (TPSA) is 71.7 Å². The van der Waals surface area contributed by atoms with Gasteiger partial charge < -0.3 is 10.2 Å². The lowest BCUT2D eigenvalue weighted by molar-refractivity contribution is -0.122. The van der Waals surface area contributed by atoms with Gasteiger partial charge >= 0.3 is 0 Å². The molecule has 0 aromatic heterocycles. The summed E-state index contributed by atoms with van der Waals surface area (Å²) >= 11 is 3.04. The molecule has 0 spiro atoms. The minimum absolute atomic E-state index is 0.00852. The largest absolute Gasteiger partial charge is 0.384 e. The highest BCUT2D eigenvalue weighted by Gasteiger charge is 2.38. The maximum absolute atomic E-state index is 13.5. The highest BCUT2D eigenvalue weighted by Crippen LogP contribution is 2.50.